The molecular weight excluding hydrogens is 518 g/mol. The lowest BCUT2D eigenvalue weighted by Gasteiger charge is -2.16. The van der Waals surface area contributed by atoms with Gasteiger partial charge in [-0.25, -0.2) is 4.39 Å². The number of nitrogens with zero attached hydrogens (tertiary/aromatic N) is 3. The van der Waals surface area contributed by atoms with Crippen LogP contribution in [0.3, 0.4) is 0 Å². The average Bonchev–Trinajstić information content (AvgIpc) is 3.33. The van der Waals surface area contributed by atoms with Crippen LogP contribution in [0.2, 0.25) is 0 Å². The van der Waals surface area contributed by atoms with Gasteiger partial charge in [0.05, 0.1) is 18.7 Å². The van der Waals surface area contributed by atoms with Crippen LogP contribution < -0.4 is 0 Å². The number of hydrogen-bond donors (Lipinski definition) is 1. The number of aromatic nitrogens is 2. The van der Waals surface area contributed by atoms with Crippen molar-refractivity contribution in [2.75, 3.05) is 27.2 Å². The Hall–Kier alpha value is -4.27. The fourth-order valence-electron chi connectivity index (χ4n) is 3.99. The standard InChI is InChI=1S/C28H25F4N3O4/c1-5-6-18(11-17(2)14-35(3)15-25(36)37)26-33-27(39-34-26)19-7-9-22(20(12-19)16-38-4)23-10-8-21(29)13-24(23)28(30,31)32/h1,6-13H,14-16H2,2-4H3,(H,36,37)/b17-11+,18-6+. The Morgan fingerprint density at radius 2 is 1.92 bits per heavy atom. The Kier molecular flexibility index (Phi) is 9.40. The molecule has 0 saturated carbocycles. The van der Waals surface area contributed by atoms with E-state index in [4.69, 9.17) is 20.8 Å². The third-order valence-corrected chi connectivity index (χ3v) is 5.48. The normalized spacial score (nSPS) is 12.6. The lowest BCUT2D eigenvalue weighted by molar-refractivity contribution is -0.138. The van der Waals surface area contributed by atoms with Gasteiger partial charge in [0.2, 0.25) is 5.82 Å². The summed E-state index contributed by atoms with van der Waals surface area (Å²) in [7, 11) is 3.06. The largest absolute Gasteiger partial charge is 0.480 e. The summed E-state index contributed by atoms with van der Waals surface area (Å²) in [6.45, 7) is 1.97. The van der Waals surface area contributed by atoms with Crippen molar-refractivity contribution in [2.24, 2.45) is 0 Å². The Morgan fingerprint density at radius 1 is 1.21 bits per heavy atom. The molecule has 0 amide bonds. The van der Waals surface area contributed by atoms with Gasteiger partial charge in [0.1, 0.15) is 5.82 Å². The maximum Gasteiger partial charge on any atom is 0.417 e. The van der Waals surface area contributed by atoms with Crippen LogP contribution in [0.25, 0.3) is 28.2 Å². The van der Waals surface area contributed by atoms with E-state index in [1.54, 1.807) is 31.0 Å². The molecular formula is C28H25F4N3O4. The van der Waals surface area contributed by atoms with Gasteiger partial charge in [-0.05, 0) is 61.0 Å². The van der Waals surface area contributed by atoms with Gasteiger partial charge in [0.15, 0.2) is 0 Å². The molecule has 11 heteroatoms. The summed E-state index contributed by atoms with van der Waals surface area (Å²) >= 11 is 0. The average molecular weight is 544 g/mol. The molecule has 1 N–H and O–H groups in total. The van der Waals surface area contributed by atoms with E-state index < -0.39 is 23.5 Å². The van der Waals surface area contributed by atoms with Crippen LogP contribution in [0, 0.1) is 18.2 Å². The van der Waals surface area contributed by atoms with Gasteiger partial charge < -0.3 is 14.4 Å². The van der Waals surface area contributed by atoms with Crippen molar-refractivity contribution < 1.29 is 36.7 Å². The molecule has 2 aromatic carbocycles. The molecule has 3 aromatic rings. The smallest absolute Gasteiger partial charge is 0.417 e. The minimum absolute atomic E-state index is 0.0348. The second-order valence-corrected chi connectivity index (χ2v) is 8.74. The first-order valence-electron chi connectivity index (χ1n) is 11.5. The molecule has 0 radical (unpaired) electrons. The zero-order chi connectivity index (χ0) is 28.7. The molecule has 0 bridgehead atoms. The highest BCUT2D eigenvalue weighted by molar-refractivity contribution is 5.76. The minimum Gasteiger partial charge on any atom is -0.480 e. The van der Waals surface area contributed by atoms with E-state index in [0.717, 1.165) is 17.7 Å². The number of hydrogen-bond acceptors (Lipinski definition) is 6. The SMILES string of the molecule is C#C/C=C(\C=C(/C)CN(C)CC(=O)O)c1noc(-c2ccc(-c3ccc(F)cc3C(F)(F)F)c(COC)c2)n1. The molecule has 7 nitrogen and oxygen atoms in total. The Morgan fingerprint density at radius 3 is 2.56 bits per heavy atom. The van der Waals surface area contributed by atoms with Crippen molar-refractivity contribution in [1.29, 1.82) is 0 Å². The third kappa shape index (κ3) is 7.63. The molecule has 0 unspecified atom stereocenters. The summed E-state index contributed by atoms with van der Waals surface area (Å²) < 4.78 is 65.2. The van der Waals surface area contributed by atoms with Crippen molar-refractivity contribution in [2.45, 2.75) is 19.7 Å². The third-order valence-electron chi connectivity index (χ3n) is 5.48. The molecule has 0 aliphatic heterocycles. The fraction of sp³-hybridized carbons (Fsp3) is 0.250. The fourth-order valence-corrected chi connectivity index (χ4v) is 3.99. The van der Waals surface area contributed by atoms with E-state index in [1.165, 1.54) is 25.3 Å². The number of methoxy groups -OCH3 is 1. The predicted molar refractivity (Wildman–Crippen MR) is 137 cm³/mol. The van der Waals surface area contributed by atoms with E-state index in [-0.39, 0.29) is 36.0 Å². The predicted octanol–water partition coefficient (Wildman–Crippen LogP) is 5.69. The lowest BCUT2D eigenvalue weighted by Crippen LogP contribution is -2.27. The van der Waals surface area contributed by atoms with Crippen molar-refractivity contribution in [3.05, 3.63) is 76.9 Å². The summed E-state index contributed by atoms with van der Waals surface area (Å²) in [4.78, 5) is 16.9. The van der Waals surface area contributed by atoms with Gasteiger partial charge in [-0.3, -0.25) is 9.69 Å². The summed E-state index contributed by atoms with van der Waals surface area (Å²) in [5.74, 6) is 0.702. The van der Waals surface area contributed by atoms with Gasteiger partial charge in [0, 0.05) is 24.8 Å². The minimum atomic E-state index is -4.77. The Bertz CT molecular complexity index is 1450. The molecule has 39 heavy (non-hydrogen) atoms. The number of allylic oxidation sites excluding steroid dienone is 3. The number of terminal acetylenes is 1. The summed E-state index contributed by atoms with van der Waals surface area (Å²) in [6, 6.07) is 7.03. The second kappa shape index (κ2) is 12.5. The number of carboxylic acids is 1. The van der Waals surface area contributed by atoms with Gasteiger partial charge in [-0.15, -0.1) is 6.42 Å². The van der Waals surface area contributed by atoms with Crippen molar-refractivity contribution >= 4 is 11.5 Å². The molecule has 1 aromatic heterocycles. The highest BCUT2D eigenvalue weighted by atomic mass is 19.4. The number of alkyl halides is 3. The molecule has 0 fully saturated rings. The van der Waals surface area contributed by atoms with Crippen LogP contribution in [-0.4, -0.2) is 53.4 Å². The highest BCUT2D eigenvalue weighted by Crippen LogP contribution is 2.39. The number of aliphatic carboxylic acids is 1. The number of likely N-dealkylation sites (N-methyl/N-ethyl adjacent to an activating group) is 1. The maximum atomic E-state index is 13.6. The monoisotopic (exact) mass is 543 g/mol. The number of carbonyl (C=O) groups is 1. The van der Waals surface area contributed by atoms with Crippen LogP contribution in [-0.2, 0) is 22.3 Å². The van der Waals surface area contributed by atoms with E-state index in [1.807, 2.05) is 0 Å². The lowest BCUT2D eigenvalue weighted by atomic mass is 9.93. The number of halogens is 4. The first-order valence-corrected chi connectivity index (χ1v) is 11.5. The van der Waals surface area contributed by atoms with E-state index >= 15 is 0 Å². The molecule has 0 aliphatic carbocycles. The zero-order valence-corrected chi connectivity index (χ0v) is 21.3. The number of benzene rings is 2. The van der Waals surface area contributed by atoms with E-state index in [0.29, 0.717) is 29.3 Å². The quantitative estimate of drug-likeness (QED) is 0.200. The van der Waals surface area contributed by atoms with Crippen LogP contribution in [0.4, 0.5) is 17.6 Å². The first-order chi connectivity index (χ1) is 18.4. The van der Waals surface area contributed by atoms with Crippen LogP contribution in [0.1, 0.15) is 23.9 Å². The number of ether oxygens (including phenoxy) is 1. The number of carboxylic acid groups (broad SMARTS) is 1. The molecule has 0 aliphatic rings. The highest BCUT2D eigenvalue weighted by Gasteiger charge is 2.34. The molecule has 0 spiro atoms. The summed E-state index contributed by atoms with van der Waals surface area (Å²) in [5.41, 5.74) is 0.964. The van der Waals surface area contributed by atoms with E-state index in [2.05, 4.69) is 16.1 Å². The maximum absolute atomic E-state index is 13.6. The zero-order valence-electron chi connectivity index (χ0n) is 21.3. The summed E-state index contributed by atoms with van der Waals surface area (Å²) in [5, 5.41) is 12.9. The first kappa shape index (κ1) is 29.3. The van der Waals surface area contributed by atoms with Crippen LogP contribution in [0.5, 0.6) is 0 Å². The van der Waals surface area contributed by atoms with Crippen molar-refractivity contribution in [3.63, 3.8) is 0 Å². The topological polar surface area (TPSA) is 88.7 Å². The Balaban J connectivity index is 1.98. The molecule has 3 rings (SSSR count). The van der Waals surface area contributed by atoms with Gasteiger partial charge in [-0.2, -0.15) is 18.2 Å². The van der Waals surface area contributed by atoms with Crippen LogP contribution in [0.15, 0.2) is 58.6 Å². The van der Waals surface area contributed by atoms with Crippen molar-refractivity contribution in [3.8, 4) is 34.9 Å². The molecule has 0 saturated heterocycles. The summed E-state index contributed by atoms with van der Waals surface area (Å²) in [6.07, 6.45) is 3.83. The van der Waals surface area contributed by atoms with Gasteiger partial charge in [0.25, 0.3) is 5.89 Å². The number of rotatable bonds is 10. The van der Waals surface area contributed by atoms with Crippen molar-refractivity contribution in [1.82, 2.24) is 15.0 Å². The Labute approximate surface area is 222 Å². The van der Waals surface area contributed by atoms with E-state index in [9.17, 15) is 22.4 Å². The van der Waals surface area contributed by atoms with Gasteiger partial charge in [-0.1, -0.05) is 34.9 Å². The van der Waals surface area contributed by atoms with Gasteiger partial charge >= 0.3 is 12.1 Å². The van der Waals surface area contributed by atoms with Crippen LogP contribution >= 0.6 is 0 Å². The molecule has 0 atom stereocenters. The second-order valence-electron chi connectivity index (χ2n) is 8.74. The molecule has 1 heterocycles. The molecule has 204 valence electrons.